The number of rotatable bonds is 7. The van der Waals surface area contributed by atoms with Crippen LogP contribution in [0.1, 0.15) is 11.1 Å². The van der Waals surface area contributed by atoms with E-state index in [1.165, 1.54) is 18.1 Å². The molecule has 0 unspecified atom stereocenters. The van der Waals surface area contributed by atoms with Crippen LogP contribution in [0.4, 0.5) is 11.5 Å². The number of halogens is 1. The van der Waals surface area contributed by atoms with Crippen molar-refractivity contribution in [2.75, 3.05) is 16.4 Å². The zero-order valence-electron chi connectivity index (χ0n) is 14.7. The SMILES string of the molecule is N#Cc1ccccc1NC(=O)CSc1cc(NCc2ccccc2Cl)ncn1. The Labute approximate surface area is 172 Å². The second-order valence-corrected chi connectivity index (χ2v) is 7.08. The molecule has 0 aliphatic carbocycles. The van der Waals surface area contributed by atoms with E-state index in [1.807, 2.05) is 24.3 Å². The normalized spacial score (nSPS) is 10.1. The standard InChI is InChI=1S/C20H16ClN5OS/c21-16-7-3-1-6-15(16)11-23-18-9-20(25-13-24-18)28-12-19(27)26-17-8-4-2-5-14(17)10-22/h1-9,13H,11-12H2,(H,26,27)(H,23,24,25). The summed E-state index contributed by atoms with van der Waals surface area (Å²) in [7, 11) is 0. The molecule has 0 bridgehead atoms. The van der Waals surface area contributed by atoms with E-state index in [4.69, 9.17) is 16.9 Å². The Morgan fingerprint density at radius 1 is 1.14 bits per heavy atom. The average Bonchev–Trinajstić information content (AvgIpc) is 2.72. The van der Waals surface area contributed by atoms with Crippen LogP contribution >= 0.6 is 23.4 Å². The second kappa shape index (κ2) is 9.74. The van der Waals surface area contributed by atoms with Crippen molar-refractivity contribution >= 4 is 40.8 Å². The number of anilines is 2. The molecule has 6 nitrogen and oxygen atoms in total. The van der Waals surface area contributed by atoms with Gasteiger partial charge in [-0.2, -0.15) is 5.26 Å². The molecule has 1 aromatic heterocycles. The fourth-order valence-electron chi connectivity index (χ4n) is 2.36. The Morgan fingerprint density at radius 2 is 1.93 bits per heavy atom. The summed E-state index contributed by atoms with van der Waals surface area (Å²) in [6.07, 6.45) is 1.44. The van der Waals surface area contributed by atoms with Crippen LogP contribution in [0.15, 0.2) is 66.0 Å². The van der Waals surface area contributed by atoms with Gasteiger partial charge in [0.05, 0.1) is 17.0 Å². The average molecular weight is 410 g/mol. The van der Waals surface area contributed by atoms with E-state index in [0.29, 0.717) is 33.7 Å². The van der Waals surface area contributed by atoms with E-state index in [2.05, 4.69) is 26.7 Å². The Morgan fingerprint density at radius 3 is 2.75 bits per heavy atom. The Bertz CT molecular complexity index is 1020. The molecule has 0 saturated heterocycles. The summed E-state index contributed by atoms with van der Waals surface area (Å²) in [5.41, 5.74) is 1.89. The molecule has 0 radical (unpaired) electrons. The molecule has 28 heavy (non-hydrogen) atoms. The third kappa shape index (κ3) is 5.46. The molecule has 1 amide bonds. The zero-order valence-corrected chi connectivity index (χ0v) is 16.3. The fourth-order valence-corrected chi connectivity index (χ4v) is 3.23. The number of aromatic nitrogens is 2. The molecule has 0 aliphatic heterocycles. The van der Waals surface area contributed by atoms with E-state index >= 15 is 0 Å². The maximum atomic E-state index is 12.2. The van der Waals surface area contributed by atoms with E-state index in [0.717, 1.165) is 5.56 Å². The number of benzene rings is 2. The summed E-state index contributed by atoms with van der Waals surface area (Å²) >= 11 is 7.44. The van der Waals surface area contributed by atoms with Crippen LogP contribution in [-0.4, -0.2) is 21.6 Å². The predicted octanol–water partition coefficient (Wildman–Crippen LogP) is 4.34. The minimum absolute atomic E-state index is 0.167. The monoisotopic (exact) mass is 409 g/mol. The molecule has 140 valence electrons. The number of carbonyl (C=O) groups is 1. The van der Waals surface area contributed by atoms with E-state index in [-0.39, 0.29) is 11.7 Å². The highest BCUT2D eigenvalue weighted by Gasteiger charge is 2.08. The van der Waals surface area contributed by atoms with Crippen molar-refractivity contribution in [2.45, 2.75) is 11.6 Å². The number of nitrogens with zero attached hydrogens (tertiary/aromatic N) is 3. The van der Waals surface area contributed by atoms with Gasteiger partial charge in [0.2, 0.25) is 5.91 Å². The smallest absolute Gasteiger partial charge is 0.234 e. The first-order valence-electron chi connectivity index (χ1n) is 8.37. The number of nitrogens with one attached hydrogen (secondary N) is 2. The summed E-state index contributed by atoms with van der Waals surface area (Å²) < 4.78 is 0. The van der Waals surface area contributed by atoms with E-state index in [9.17, 15) is 4.79 Å². The number of para-hydroxylation sites is 1. The number of thioether (sulfide) groups is 1. The van der Waals surface area contributed by atoms with Gasteiger partial charge in [-0.3, -0.25) is 4.79 Å². The highest BCUT2D eigenvalue weighted by molar-refractivity contribution is 7.99. The predicted molar refractivity (Wildman–Crippen MR) is 111 cm³/mol. The highest BCUT2D eigenvalue weighted by atomic mass is 35.5. The molecule has 3 rings (SSSR count). The molecule has 2 aromatic carbocycles. The van der Waals surface area contributed by atoms with Crippen LogP contribution in [-0.2, 0) is 11.3 Å². The quantitative estimate of drug-likeness (QED) is 0.445. The fraction of sp³-hybridized carbons (Fsp3) is 0.100. The van der Waals surface area contributed by atoms with Crippen molar-refractivity contribution in [1.82, 2.24) is 9.97 Å². The lowest BCUT2D eigenvalue weighted by Crippen LogP contribution is -2.15. The molecule has 0 aliphatic rings. The first kappa shape index (κ1) is 19.7. The lowest BCUT2D eigenvalue weighted by atomic mass is 10.2. The lowest BCUT2D eigenvalue weighted by Gasteiger charge is -2.09. The van der Waals surface area contributed by atoms with Crippen LogP contribution in [0.25, 0.3) is 0 Å². The Hall–Kier alpha value is -3.08. The van der Waals surface area contributed by atoms with Crippen LogP contribution in [0.3, 0.4) is 0 Å². The molecule has 0 atom stereocenters. The van der Waals surface area contributed by atoms with Gasteiger partial charge in [0, 0.05) is 17.6 Å². The van der Waals surface area contributed by atoms with Gasteiger partial charge < -0.3 is 10.6 Å². The molecule has 3 aromatic rings. The number of hydrogen-bond donors (Lipinski definition) is 2. The van der Waals surface area contributed by atoms with Crippen molar-refractivity contribution < 1.29 is 4.79 Å². The first-order chi connectivity index (χ1) is 13.7. The summed E-state index contributed by atoms with van der Waals surface area (Å²) in [5, 5.41) is 16.4. The number of nitriles is 1. The van der Waals surface area contributed by atoms with Crippen molar-refractivity contribution in [3.63, 3.8) is 0 Å². The number of hydrogen-bond acceptors (Lipinski definition) is 6. The van der Waals surface area contributed by atoms with Crippen molar-refractivity contribution in [3.8, 4) is 6.07 Å². The summed E-state index contributed by atoms with van der Waals surface area (Å²) in [6.45, 7) is 0.534. The topological polar surface area (TPSA) is 90.7 Å². The molecule has 2 N–H and O–H groups in total. The van der Waals surface area contributed by atoms with Crippen LogP contribution < -0.4 is 10.6 Å². The van der Waals surface area contributed by atoms with Crippen molar-refractivity contribution in [2.24, 2.45) is 0 Å². The van der Waals surface area contributed by atoms with Gasteiger partial charge in [0.1, 0.15) is 23.2 Å². The zero-order chi connectivity index (χ0) is 19.8. The molecule has 0 saturated carbocycles. The summed E-state index contributed by atoms with van der Waals surface area (Å²) in [4.78, 5) is 20.5. The van der Waals surface area contributed by atoms with E-state index in [1.54, 1.807) is 30.3 Å². The van der Waals surface area contributed by atoms with Gasteiger partial charge in [0.25, 0.3) is 0 Å². The molecule has 1 heterocycles. The van der Waals surface area contributed by atoms with Gasteiger partial charge in [0.15, 0.2) is 0 Å². The van der Waals surface area contributed by atoms with Crippen molar-refractivity contribution in [1.29, 1.82) is 5.26 Å². The van der Waals surface area contributed by atoms with Gasteiger partial charge >= 0.3 is 0 Å². The maximum absolute atomic E-state index is 12.2. The van der Waals surface area contributed by atoms with Crippen LogP contribution in [0, 0.1) is 11.3 Å². The minimum Gasteiger partial charge on any atom is -0.366 e. The van der Waals surface area contributed by atoms with Crippen molar-refractivity contribution in [3.05, 3.63) is 77.1 Å². The molecular weight excluding hydrogens is 394 g/mol. The van der Waals surface area contributed by atoms with E-state index < -0.39 is 0 Å². The van der Waals surface area contributed by atoms with Gasteiger partial charge in [-0.05, 0) is 23.8 Å². The third-order valence-electron chi connectivity index (χ3n) is 3.73. The van der Waals surface area contributed by atoms with Crippen LogP contribution in [0.5, 0.6) is 0 Å². The number of carbonyl (C=O) groups excluding carboxylic acids is 1. The van der Waals surface area contributed by atoms with Gasteiger partial charge in [-0.1, -0.05) is 53.7 Å². The maximum Gasteiger partial charge on any atom is 0.234 e. The third-order valence-corrected chi connectivity index (χ3v) is 5.03. The molecule has 8 heteroatoms. The number of amides is 1. The first-order valence-corrected chi connectivity index (χ1v) is 9.73. The highest BCUT2D eigenvalue weighted by Crippen LogP contribution is 2.20. The van der Waals surface area contributed by atoms with Gasteiger partial charge in [-0.15, -0.1) is 0 Å². The molecule has 0 spiro atoms. The second-order valence-electron chi connectivity index (χ2n) is 5.68. The lowest BCUT2D eigenvalue weighted by molar-refractivity contribution is -0.113. The molecule has 0 fully saturated rings. The Balaban J connectivity index is 1.55. The van der Waals surface area contributed by atoms with Gasteiger partial charge in [-0.25, -0.2) is 9.97 Å². The van der Waals surface area contributed by atoms with Crippen LogP contribution in [0.2, 0.25) is 5.02 Å². The minimum atomic E-state index is -0.211. The Kier molecular flexibility index (Phi) is 6.84. The summed E-state index contributed by atoms with van der Waals surface area (Å²) in [5.74, 6) is 0.602. The molecular formula is C20H16ClN5OS. The largest absolute Gasteiger partial charge is 0.366 e. The summed E-state index contributed by atoms with van der Waals surface area (Å²) in [6, 6.07) is 18.3.